The van der Waals surface area contributed by atoms with Crippen molar-refractivity contribution in [2.45, 2.75) is 25.9 Å². The summed E-state index contributed by atoms with van der Waals surface area (Å²) in [5, 5.41) is 4.28. The maximum absolute atomic E-state index is 13.6. The first-order valence-electron chi connectivity index (χ1n) is 7.42. The topological polar surface area (TPSA) is 56.7 Å². The zero-order valence-electron chi connectivity index (χ0n) is 13.5. The largest absolute Gasteiger partial charge is 0.417 e. The number of halogens is 6. The SMILES string of the molecule is CC(C)c1cc(C(F)(F)F)c2c(N)n(-c3c(Cl)cc(Cl)cc3Cl)nc2n1. The van der Waals surface area contributed by atoms with Crippen LogP contribution in [-0.4, -0.2) is 14.8 Å². The van der Waals surface area contributed by atoms with Crippen molar-refractivity contribution in [1.82, 2.24) is 14.8 Å². The van der Waals surface area contributed by atoms with Crippen LogP contribution in [0.3, 0.4) is 0 Å². The molecule has 0 aliphatic rings. The van der Waals surface area contributed by atoms with Crippen LogP contribution >= 0.6 is 34.8 Å². The van der Waals surface area contributed by atoms with Gasteiger partial charge in [-0.1, -0.05) is 48.7 Å². The number of nitrogens with zero attached hydrogens (tertiary/aromatic N) is 3. The molecule has 0 saturated carbocycles. The van der Waals surface area contributed by atoms with Gasteiger partial charge in [-0.3, -0.25) is 0 Å². The molecule has 0 amide bonds. The molecule has 0 radical (unpaired) electrons. The molecule has 0 saturated heterocycles. The van der Waals surface area contributed by atoms with Gasteiger partial charge in [0.25, 0.3) is 0 Å². The zero-order valence-corrected chi connectivity index (χ0v) is 15.8. The van der Waals surface area contributed by atoms with Crippen molar-refractivity contribution < 1.29 is 13.2 Å². The molecule has 3 aromatic rings. The molecule has 0 aliphatic carbocycles. The van der Waals surface area contributed by atoms with Crippen molar-refractivity contribution in [2.75, 3.05) is 5.73 Å². The van der Waals surface area contributed by atoms with Crippen LogP contribution < -0.4 is 5.73 Å². The summed E-state index contributed by atoms with van der Waals surface area (Å²) < 4.78 is 41.8. The lowest BCUT2D eigenvalue weighted by Gasteiger charge is -2.12. The van der Waals surface area contributed by atoms with Crippen LogP contribution in [0.15, 0.2) is 18.2 Å². The van der Waals surface area contributed by atoms with Gasteiger partial charge >= 0.3 is 6.18 Å². The summed E-state index contributed by atoms with van der Waals surface area (Å²) >= 11 is 18.2. The second-order valence-electron chi connectivity index (χ2n) is 5.96. The number of fused-ring (bicyclic) bond motifs is 1. The van der Waals surface area contributed by atoms with Crippen LogP contribution in [0.5, 0.6) is 0 Å². The van der Waals surface area contributed by atoms with Crippen molar-refractivity contribution in [2.24, 2.45) is 0 Å². The van der Waals surface area contributed by atoms with Gasteiger partial charge in [0.05, 0.1) is 21.0 Å². The molecule has 2 N–H and O–H groups in total. The molecule has 10 heteroatoms. The van der Waals surface area contributed by atoms with Gasteiger partial charge in [0, 0.05) is 10.7 Å². The van der Waals surface area contributed by atoms with E-state index in [1.807, 2.05) is 0 Å². The number of nitrogens with two attached hydrogens (primary N) is 1. The van der Waals surface area contributed by atoms with Gasteiger partial charge in [0.15, 0.2) is 5.65 Å². The molecule has 26 heavy (non-hydrogen) atoms. The Morgan fingerprint density at radius 1 is 1.08 bits per heavy atom. The molecule has 1 aromatic carbocycles. The molecule has 0 aliphatic heterocycles. The number of pyridine rings is 1. The minimum absolute atomic E-state index is 0.0969. The summed E-state index contributed by atoms with van der Waals surface area (Å²) in [4.78, 5) is 4.21. The smallest absolute Gasteiger partial charge is 0.383 e. The van der Waals surface area contributed by atoms with E-state index in [9.17, 15) is 13.2 Å². The van der Waals surface area contributed by atoms with E-state index in [2.05, 4.69) is 10.1 Å². The van der Waals surface area contributed by atoms with Crippen molar-refractivity contribution in [1.29, 1.82) is 0 Å². The molecule has 4 nitrogen and oxygen atoms in total. The maximum Gasteiger partial charge on any atom is 0.417 e. The number of anilines is 1. The van der Waals surface area contributed by atoms with Crippen LogP contribution in [0.4, 0.5) is 19.0 Å². The Hall–Kier alpha value is -1.70. The highest BCUT2D eigenvalue weighted by Crippen LogP contribution is 2.41. The fourth-order valence-electron chi connectivity index (χ4n) is 2.56. The van der Waals surface area contributed by atoms with Gasteiger partial charge in [-0.25, -0.2) is 9.67 Å². The summed E-state index contributed by atoms with van der Waals surface area (Å²) in [6.07, 6.45) is -4.62. The van der Waals surface area contributed by atoms with Crippen molar-refractivity contribution in [3.63, 3.8) is 0 Å². The van der Waals surface area contributed by atoms with Crippen molar-refractivity contribution in [3.05, 3.63) is 44.5 Å². The molecule has 2 aromatic heterocycles. The summed E-state index contributed by atoms with van der Waals surface area (Å²) in [6.45, 7) is 3.48. The average Bonchev–Trinajstić information content (AvgIpc) is 2.81. The summed E-state index contributed by atoms with van der Waals surface area (Å²) in [5.41, 5.74) is 5.32. The van der Waals surface area contributed by atoms with Crippen LogP contribution in [0.1, 0.15) is 31.0 Å². The minimum atomic E-state index is -4.62. The van der Waals surface area contributed by atoms with E-state index in [1.54, 1.807) is 13.8 Å². The highest BCUT2D eigenvalue weighted by Gasteiger charge is 2.36. The molecule has 138 valence electrons. The predicted molar refractivity (Wildman–Crippen MR) is 97.4 cm³/mol. The third-order valence-corrected chi connectivity index (χ3v) is 4.58. The number of benzene rings is 1. The first kappa shape index (κ1) is 19.1. The second-order valence-corrected chi connectivity index (χ2v) is 7.21. The van der Waals surface area contributed by atoms with Crippen LogP contribution in [-0.2, 0) is 6.18 Å². The molecule has 3 rings (SSSR count). The van der Waals surface area contributed by atoms with Crippen molar-refractivity contribution in [3.8, 4) is 5.69 Å². The molecule has 2 heterocycles. The average molecular weight is 424 g/mol. The number of alkyl halides is 3. The number of rotatable bonds is 2. The first-order valence-corrected chi connectivity index (χ1v) is 8.55. The van der Waals surface area contributed by atoms with E-state index in [0.717, 1.165) is 10.7 Å². The highest BCUT2D eigenvalue weighted by molar-refractivity contribution is 6.40. The molecule has 0 atom stereocenters. The lowest BCUT2D eigenvalue weighted by atomic mass is 10.0. The minimum Gasteiger partial charge on any atom is -0.383 e. The molecule has 0 unspecified atom stereocenters. The fraction of sp³-hybridized carbons (Fsp3) is 0.250. The Labute approximate surface area is 161 Å². The van der Waals surface area contributed by atoms with Gasteiger partial charge in [-0.15, -0.1) is 5.10 Å². The van der Waals surface area contributed by atoms with E-state index < -0.39 is 11.7 Å². The molecular weight excluding hydrogens is 412 g/mol. The van der Waals surface area contributed by atoms with E-state index in [0.29, 0.717) is 0 Å². The Kier molecular flexibility index (Phi) is 4.75. The summed E-state index contributed by atoms with van der Waals surface area (Å²) in [6, 6.07) is 3.78. The Morgan fingerprint density at radius 2 is 1.65 bits per heavy atom. The summed E-state index contributed by atoms with van der Waals surface area (Å²) in [5.74, 6) is -0.490. The van der Waals surface area contributed by atoms with E-state index >= 15 is 0 Å². The standard InChI is InChI=1S/C16H12Cl3F3N4/c1-6(2)11-5-8(16(20,21)22)12-14(23)26(25-15(12)24-11)13-9(18)3-7(17)4-10(13)19/h3-6H,23H2,1-2H3. The fourth-order valence-corrected chi connectivity index (χ4v) is 3.53. The summed E-state index contributed by atoms with van der Waals surface area (Å²) in [7, 11) is 0. The van der Waals surface area contributed by atoms with Crippen molar-refractivity contribution >= 4 is 51.7 Å². The Bertz CT molecular complexity index is 989. The van der Waals surface area contributed by atoms with Crippen LogP contribution in [0, 0.1) is 0 Å². The molecule has 0 fully saturated rings. The zero-order chi connectivity index (χ0) is 19.4. The third-order valence-electron chi connectivity index (χ3n) is 3.79. The molecule has 0 bridgehead atoms. The maximum atomic E-state index is 13.6. The van der Waals surface area contributed by atoms with E-state index in [4.69, 9.17) is 40.5 Å². The number of hydrogen-bond acceptors (Lipinski definition) is 3. The first-order chi connectivity index (χ1) is 12.0. The Morgan fingerprint density at radius 3 is 2.15 bits per heavy atom. The normalized spacial score (nSPS) is 12.3. The van der Waals surface area contributed by atoms with Crippen LogP contribution in [0.2, 0.25) is 15.1 Å². The second kappa shape index (κ2) is 6.48. The highest BCUT2D eigenvalue weighted by atomic mass is 35.5. The van der Waals surface area contributed by atoms with Gasteiger partial charge in [-0.05, 0) is 24.1 Å². The van der Waals surface area contributed by atoms with Gasteiger partial charge in [-0.2, -0.15) is 13.2 Å². The van der Waals surface area contributed by atoms with E-state index in [1.165, 1.54) is 12.1 Å². The van der Waals surface area contributed by atoms with Gasteiger partial charge in [0.1, 0.15) is 11.5 Å². The number of aromatic nitrogens is 3. The van der Waals surface area contributed by atoms with E-state index in [-0.39, 0.29) is 49.2 Å². The number of nitrogen functional groups attached to an aromatic ring is 1. The third kappa shape index (κ3) is 3.19. The lowest BCUT2D eigenvalue weighted by Crippen LogP contribution is -2.09. The lowest BCUT2D eigenvalue weighted by molar-refractivity contribution is -0.136. The van der Waals surface area contributed by atoms with Crippen LogP contribution in [0.25, 0.3) is 16.7 Å². The molecule has 0 spiro atoms. The predicted octanol–water partition coefficient (Wildman–Crippen LogP) is 6.11. The van der Waals surface area contributed by atoms with Gasteiger partial charge < -0.3 is 5.73 Å². The number of hydrogen-bond donors (Lipinski definition) is 1. The monoisotopic (exact) mass is 422 g/mol. The molecular formula is C16H12Cl3F3N4. The Balaban J connectivity index is 2.40. The van der Waals surface area contributed by atoms with Gasteiger partial charge in [0.2, 0.25) is 0 Å². The quantitative estimate of drug-likeness (QED) is 0.541.